The Labute approximate surface area is 113 Å². The molecule has 0 aliphatic carbocycles. The molecule has 1 aromatic rings. The summed E-state index contributed by atoms with van der Waals surface area (Å²) in [6, 6.07) is 7.80. The van der Waals surface area contributed by atoms with Crippen molar-refractivity contribution in [1.82, 2.24) is 4.90 Å². The van der Waals surface area contributed by atoms with Gasteiger partial charge in [0.1, 0.15) is 12.7 Å². The molecule has 0 aromatic heterocycles. The van der Waals surface area contributed by atoms with Crippen LogP contribution in [0.25, 0.3) is 0 Å². The molecule has 0 spiro atoms. The van der Waals surface area contributed by atoms with E-state index in [2.05, 4.69) is 11.8 Å². The Balaban J connectivity index is 1.57. The van der Waals surface area contributed by atoms with Gasteiger partial charge < -0.3 is 14.6 Å². The number of likely N-dealkylation sites (tertiary alicyclic amines) is 1. The van der Waals surface area contributed by atoms with Gasteiger partial charge in [-0.15, -0.1) is 0 Å². The van der Waals surface area contributed by atoms with Crippen molar-refractivity contribution in [3.05, 3.63) is 24.3 Å². The minimum atomic E-state index is -0.152. The summed E-state index contributed by atoms with van der Waals surface area (Å²) < 4.78 is 11.7. The van der Waals surface area contributed by atoms with Crippen LogP contribution in [0.15, 0.2) is 24.3 Å². The molecule has 4 nitrogen and oxygen atoms in total. The van der Waals surface area contributed by atoms with E-state index in [1.807, 2.05) is 24.3 Å². The smallest absolute Gasteiger partial charge is 0.161 e. The molecule has 4 heteroatoms. The molecule has 3 atom stereocenters. The lowest BCUT2D eigenvalue weighted by Gasteiger charge is -2.37. The van der Waals surface area contributed by atoms with Gasteiger partial charge in [-0.3, -0.25) is 4.90 Å². The average Bonchev–Trinajstić information content (AvgIpc) is 2.43. The van der Waals surface area contributed by atoms with Gasteiger partial charge in [-0.1, -0.05) is 19.1 Å². The van der Waals surface area contributed by atoms with E-state index in [1.165, 1.54) is 0 Å². The standard InChI is InChI=1S/C15H21NO3/c1-11-8-16(7-6-13(11)17)9-12-10-18-14-4-2-3-5-15(14)19-12/h2-5,11-13,17H,6-10H2,1H3. The SMILES string of the molecule is CC1CN(CC2COc3ccccc3O2)CCC1O. The Morgan fingerprint density at radius 3 is 2.89 bits per heavy atom. The molecule has 0 bridgehead atoms. The molecule has 3 rings (SSSR count). The van der Waals surface area contributed by atoms with Gasteiger partial charge in [-0.05, 0) is 24.5 Å². The molecule has 104 valence electrons. The topological polar surface area (TPSA) is 41.9 Å². The molecular formula is C15H21NO3. The van der Waals surface area contributed by atoms with Gasteiger partial charge in [0, 0.05) is 19.6 Å². The lowest BCUT2D eigenvalue weighted by Crippen LogP contribution is -2.47. The van der Waals surface area contributed by atoms with Crippen LogP contribution in [0.5, 0.6) is 11.5 Å². The maximum Gasteiger partial charge on any atom is 0.161 e. The number of para-hydroxylation sites is 2. The van der Waals surface area contributed by atoms with Gasteiger partial charge in [-0.2, -0.15) is 0 Å². The molecule has 1 aromatic carbocycles. The second kappa shape index (κ2) is 5.39. The van der Waals surface area contributed by atoms with Crippen LogP contribution in [-0.4, -0.2) is 48.5 Å². The minimum Gasteiger partial charge on any atom is -0.486 e. The van der Waals surface area contributed by atoms with E-state index in [-0.39, 0.29) is 12.2 Å². The van der Waals surface area contributed by atoms with Crippen molar-refractivity contribution in [1.29, 1.82) is 0 Å². The lowest BCUT2D eigenvalue weighted by molar-refractivity contribution is 0.00444. The van der Waals surface area contributed by atoms with Crippen LogP contribution in [0.3, 0.4) is 0 Å². The van der Waals surface area contributed by atoms with E-state index in [0.717, 1.165) is 37.6 Å². The van der Waals surface area contributed by atoms with Crippen LogP contribution in [0.1, 0.15) is 13.3 Å². The molecule has 1 N–H and O–H groups in total. The van der Waals surface area contributed by atoms with E-state index in [1.54, 1.807) is 0 Å². The van der Waals surface area contributed by atoms with Crippen LogP contribution in [0.4, 0.5) is 0 Å². The van der Waals surface area contributed by atoms with Gasteiger partial charge in [0.15, 0.2) is 11.5 Å². The Hall–Kier alpha value is -1.26. The molecule has 3 unspecified atom stereocenters. The van der Waals surface area contributed by atoms with Gasteiger partial charge >= 0.3 is 0 Å². The number of aliphatic hydroxyl groups excluding tert-OH is 1. The Kier molecular flexibility index (Phi) is 3.62. The van der Waals surface area contributed by atoms with Crippen molar-refractivity contribution in [3.63, 3.8) is 0 Å². The largest absolute Gasteiger partial charge is 0.486 e. The van der Waals surface area contributed by atoms with Crippen LogP contribution >= 0.6 is 0 Å². The summed E-state index contributed by atoms with van der Waals surface area (Å²) in [6.07, 6.45) is 0.781. The molecule has 1 saturated heterocycles. The monoisotopic (exact) mass is 263 g/mol. The third-order valence-electron chi connectivity index (χ3n) is 3.97. The fourth-order valence-corrected chi connectivity index (χ4v) is 2.83. The zero-order valence-corrected chi connectivity index (χ0v) is 11.3. The zero-order valence-electron chi connectivity index (χ0n) is 11.3. The molecule has 0 radical (unpaired) electrons. The lowest BCUT2D eigenvalue weighted by atomic mass is 9.96. The second-order valence-electron chi connectivity index (χ2n) is 5.59. The molecule has 2 aliphatic rings. The molecule has 0 amide bonds. The highest BCUT2D eigenvalue weighted by molar-refractivity contribution is 5.40. The first kappa shape index (κ1) is 12.8. The number of benzene rings is 1. The highest BCUT2D eigenvalue weighted by atomic mass is 16.6. The van der Waals surface area contributed by atoms with E-state index < -0.39 is 0 Å². The highest BCUT2D eigenvalue weighted by Crippen LogP contribution is 2.31. The third kappa shape index (κ3) is 2.85. The summed E-state index contributed by atoms with van der Waals surface area (Å²) in [6.45, 7) is 5.44. The van der Waals surface area contributed by atoms with Crippen LogP contribution in [0.2, 0.25) is 0 Å². The summed E-state index contributed by atoms with van der Waals surface area (Å²) in [5, 5.41) is 9.75. The van der Waals surface area contributed by atoms with Crippen molar-refractivity contribution >= 4 is 0 Å². The molecule has 2 heterocycles. The van der Waals surface area contributed by atoms with Gasteiger partial charge in [-0.25, -0.2) is 0 Å². The number of hydrogen-bond acceptors (Lipinski definition) is 4. The number of aliphatic hydroxyl groups is 1. The van der Waals surface area contributed by atoms with E-state index in [9.17, 15) is 5.11 Å². The number of nitrogens with zero attached hydrogens (tertiary/aromatic N) is 1. The number of piperidine rings is 1. The number of fused-ring (bicyclic) bond motifs is 1. The second-order valence-corrected chi connectivity index (χ2v) is 5.59. The van der Waals surface area contributed by atoms with E-state index in [4.69, 9.17) is 9.47 Å². The maximum absolute atomic E-state index is 9.75. The minimum absolute atomic E-state index is 0.0809. The van der Waals surface area contributed by atoms with E-state index in [0.29, 0.717) is 12.5 Å². The van der Waals surface area contributed by atoms with Gasteiger partial charge in [0.25, 0.3) is 0 Å². The highest BCUT2D eigenvalue weighted by Gasteiger charge is 2.28. The molecule has 2 aliphatic heterocycles. The summed E-state index contributed by atoms with van der Waals surface area (Å²) in [7, 11) is 0. The quantitative estimate of drug-likeness (QED) is 0.878. The summed E-state index contributed by atoms with van der Waals surface area (Å²) >= 11 is 0. The Bertz CT molecular complexity index is 437. The predicted octanol–water partition coefficient (Wildman–Crippen LogP) is 1.53. The molecule has 1 fully saturated rings. The zero-order chi connectivity index (χ0) is 13.2. The fourth-order valence-electron chi connectivity index (χ4n) is 2.83. The van der Waals surface area contributed by atoms with Crippen molar-refractivity contribution in [2.75, 3.05) is 26.2 Å². The van der Waals surface area contributed by atoms with Crippen molar-refractivity contribution in [2.24, 2.45) is 5.92 Å². The third-order valence-corrected chi connectivity index (χ3v) is 3.97. The molecular weight excluding hydrogens is 242 g/mol. The summed E-state index contributed by atoms with van der Waals surface area (Å²) in [5.74, 6) is 2.01. The fraction of sp³-hybridized carbons (Fsp3) is 0.600. The van der Waals surface area contributed by atoms with Gasteiger partial charge in [0.2, 0.25) is 0 Å². The van der Waals surface area contributed by atoms with Gasteiger partial charge in [0.05, 0.1) is 6.10 Å². The van der Waals surface area contributed by atoms with Crippen molar-refractivity contribution in [3.8, 4) is 11.5 Å². The van der Waals surface area contributed by atoms with E-state index >= 15 is 0 Å². The molecule has 19 heavy (non-hydrogen) atoms. The average molecular weight is 263 g/mol. The Morgan fingerprint density at radius 2 is 2.11 bits per heavy atom. The van der Waals surface area contributed by atoms with Crippen LogP contribution in [-0.2, 0) is 0 Å². The van der Waals surface area contributed by atoms with Crippen LogP contribution in [0, 0.1) is 5.92 Å². The van der Waals surface area contributed by atoms with Crippen molar-refractivity contribution < 1.29 is 14.6 Å². The number of ether oxygens (including phenoxy) is 2. The van der Waals surface area contributed by atoms with Crippen LogP contribution < -0.4 is 9.47 Å². The normalized spacial score (nSPS) is 31.2. The van der Waals surface area contributed by atoms with Crippen molar-refractivity contribution in [2.45, 2.75) is 25.6 Å². The maximum atomic E-state index is 9.75. The Morgan fingerprint density at radius 1 is 1.32 bits per heavy atom. The summed E-state index contributed by atoms with van der Waals surface area (Å²) in [4.78, 5) is 2.36. The first-order chi connectivity index (χ1) is 9.22. The predicted molar refractivity (Wildman–Crippen MR) is 72.6 cm³/mol. The first-order valence-electron chi connectivity index (χ1n) is 7.01. The first-order valence-corrected chi connectivity index (χ1v) is 7.01. The number of rotatable bonds is 2. The summed E-state index contributed by atoms with van der Waals surface area (Å²) in [5.41, 5.74) is 0. The number of hydrogen-bond donors (Lipinski definition) is 1. The molecule has 0 saturated carbocycles.